The zero-order valence-corrected chi connectivity index (χ0v) is 17.5. The van der Waals surface area contributed by atoms with Crippen LogP contribution in [0, 0.1) is 0 Å². The number of carbonyl (C=O) groups is 2. The van der Waals surface area contributed by atoms with Gasteiger partial charge >= 0.3 is 0 Å². The second kappa shape index (κ2) is 10.5. The molecule has 1 fully saturated rings. The summed E-state index contributed by atoms with van der Waals surface area (Å²) >= 11 is 0. The van der Waals surface area contributed by atoms with Crippen LogP contribution in [0.15, 0.2) is 54.6 Å². The molecular formula is C24H28N2O4. The number of ether oxygens (including phenoxy) is 2. The Bertz CT molecular complexity index is 887. The van der Waals surface area contributed by atoms with Gasteiger partial charge in [-0.2, -0.15) is 0 Å². The molecule has 1 saturated heterocycles. The van der Waals surface area contributed by atoms with Crippen LogP contribution in [0.2, 0.25) is 0 Å². The van der Waals surface area contributed by atoms with Gasteiger partial charge in [0.05, 0.1) is 6.61 Å². The molecular weight excluding hydrogens is 380 g/mol. The molecule has 6 heteroatoms. The number of benzene rings is 2. The number of hydrogen-bond donors (Lipinski definition) is 0. The van der Waals surface area contributed by atoms with Crippen LogP contribution in [0.1, 0.15) is 25.0 Å². The van der Waals surface area contributed by atoms with E-state index >= 15 is 0 Å². The van der Waals surface area contributed by atoms with E-state index in [1.165, 1.54) is 0 Å². The van der Waals surface area contributed by atoms with Crippen LogP contribution in [0.3, 0.4) is 0 Å². The van der Waals surface area contributed by atoms with E-state index in [4.69, 9.17) is 9.47 Å². The Morgan fingerprint density at radius 2 is 1.63 bits per heavy atom. The van der Waals surface area contributed by atoms with Gasteiger partial charge in [-0.05, 0) is 36.3 Å². The van der Waals surface area contributed by atoms with Gasteiger partial charge in [0.2, 0.25) is 11.8 Å². The SMILES string of the molecule is CCOc1cc(/C=C/C(=O)N2CCN(C(C)=O)CC2)ccc1OCc1ccccc1. The minimum Gasteiger partial charge on any atom is -0.490 e. The van der Waals surface area contributed by atoms with E-state index in [1.807, 2.05) is 55.5 Å². The third-order valence-corrected chi connectivity index (χ3v) is 4.96. The van der Waals surface area contributed by atoms with E-state index in [0.717, 1.165) is 11.1 Å². The van der Waals surface area contributed by atoms with E-state index in [2.05, 4.69) is 0 Å². The molecule has 1 heterocycles. The fourth-order valence-corrected chi connectivity index (χ4v) is 3.27. The highest BCUT2D eigenvalue weighted by Crippen LogP contribution is 2.29. The minimum absolute atomic E-state index is 0.0515. The van der Waals surface area contributed by atoms with Crippen LogP contribution < -0.4 is 9.47 Å². The summed E-state index contributed by atoms with van der Waals surface area (Å²) in [6.45, 7) is 6.73. The average Bonchev–Trinajstić information content (AvgIpc) is 2.77. The Balaban J connectivity index is 1.62. The summed E-state index contributed by atoms with van der Waals surface area (Å²) in [6, 6.07) is 15.6. The lowest BCUT2D eigenvalue weighted by atomic mass is 10.1. The maximum absolute atomic E-state index is 12.5. The van der Waals surface area contributed by atoms with E-state index in [9.17, 15) is 9.59 Å². The van der Waals surface area contributed by atoms with Crippen LogP contribution >= 0.6 is 0 Å². The zero-order chi connectivity index (χ0) is 21.3. The van der Waals surface area contributed by atoms with Crippen molar-refractivity contribution >= 4 is 17.9 Å². The van der Waals surface area contributed by atoms with Gasteiger partial charge in [0.15, 0.2) is 11.5 Å². The largest absolute Gasteiger partial charge is 0.490 e. The summed E-state index contributed by atoms with van der Waals surface area (Å²) in [5.74, 6) is 1.32. The first-order chi connectivity index (χ1) is 14.6. The Kier molecular flexibility index (Phi) is 7.49. The molecule has 1 aliphatic heterocycles. The van der Waals surface area contributed by atoms with Crippen LogP contribution in [-0.4, -0.2) is 54.4 Å². The Labute approximate surface area is 177 Å². The van der Waals surface area contributed by atoms with Crippen LogP contribution in [0.5, 0.6) is 11.5 Å². The van der Waals surface area contributed by atoms with Crippen molar-refractivity contribution in [3.05, 3.63) is 65.7 Å². The summed E-state index contributed by atoms with van der Waals surface area (Å²) in [4.78, 5) is 27.4. The summed E-state index contributed by atoms with van der Waals surface area (Å²) < 4.78 is 11.7. The number of hydrogen-bond acceptors (Lipinski definition) is 4. The van der Waals surface area contributed by atoms with Crippen molar-refractivity contribution in [1.29, 1.82) is 0 Å². The second-order valence-corrected chi connectivity index (χ2v) is 7.08. The fraction of sp³-hybridized carbons (Fsp3) is 0.333. The molecule has 2 amide bonds. The van der Waals surface area contributed by atoms with Crippen LogP contribution in [0.4, 0.5) is 0 Å². The van der Waals surface area contributed by atoms with Crippen molar-refractivity contribution in [2.45, 2.75) is 20.5 Å². The topological polar surface area (TPSA) is 59.1 Å². The number of amides is 2. The van der Waals surface area contributed by atoms with Crippen molar-refractivity contribution in [2.24, 2.45) is 0 Å². The van der Waals surface area contributed by atoms with Gasteiger partial charge in [-0.15, -0.1) is 0 Å². The Morgan fingerprint density at radius 3 is 2.30 bits per heavy atom. The van der Waals surface area contributed by atoms with Crippen LogP contribution in [-0.2, 0) is 16.2 Å². The standard InChI is InChI=1S/C24H28N2O4/c1-3-29-23-17-20(9-11-22(23)30-18-21-7-5-4-6-8-21)10-12-24(28)26-15-13-25(14-16-26)19(2)27/h4-12,17H,3,13-16,18H2,1-2H3/b12-10+. The van der Waals surface area contributed by atoms with Gasteiger partial charge in [0, 0.05) is 39.2 Å². The molecule has 0 aromatic heterocycles. The number of rotatable bonds is 7. The smallest absolute Gasteiger partial charge is 0.246 e. The molecule has 0 spiro atoms. The molecule has 158 valence electrons. The van der Waals surface area contributed by atoms with Gasteiger partial charge in [-0.1, -0.05) is 36.4 Å². The first-order valence-corrected chi connectivity index (χ1v) is 10.2. The van der Waals surface area contributed by atoms with Gasteiger partial charge in [0.25, 0.3) is 0 Å². The predicted octanol–water partition coefficient (Wildman–Crippen LogP) is 3.37. The van der Waals surface area contributed by atoms with Crippen molar-refractivity contribution in [2.75, 3.05) is 32.8 Å². The Morgan fingerprint density at radius 1 is 0.933 bits per heavy atom. The van der Waals surface area contributed by atoms with Gasteiger partial charge in [-0.25, -0.2) is 0 Å². The maximum atomic E-state index is 12.5. The Hall–Kier alpha value is -3.28. The van der Waals surface area contributed by atoms with Crippen molar-refractivity contribution in [3.8, 4) is 11.5 Å². The van der Waals surface area contributed by atoms with Crippen LogP contribution in [0.25, 0.3) is 6.08 Å². The van der Waals surface area contributed by atoms with Crippen molar-refractivity contribution in [1.82, 2.24) is 9.80 Å². The lowest BCUT2D eigenvalue weighted by Gasteiger charge is -2.33. The molecule has 0 saturated carbocycles. The molecule has 0 unspecified atom stereocenters. The van der Waals surface area contributed by atoms with Crippen molar-refractivity contribution < 1.29 is 19.1 Å². The third-order valence-electron chi connectivity index (χ3n) is 4.96. The molecule has 6 nitrogen and oxygen atoms in total. The predicted molar refractivity (Wildman–Crippen MR) is 116 cm³/mol. The quantitative estimate of drug-likeness (QED) is 0.659. The summed E-state index contributed by atoms with van der Waals surface area (Å²) in [5, 5.41) is 0. The van der Waals surface area contributed by atoms with E-state index < -0.39 is 0 Å². The molecule has 0 aliphatic carbocycles. The second-order valence-electron chi connectivity index (χ2n) is 7.08. The van der Waals surface area contributed by atoms with Gasteiger partial charge < -0.3 is 19.3 Å². The molecule has 0 radical (unpaired) electrons. The fourth-order valence-electron chi connectivity index (χ4n) is 3.27. The molecule has 3 rings (SSSR count). The highest BCUT2D eigenvalue weighted by atomic mass is 16.5. The number of nitrogens with zero attached hydrogens (tertiary/aromatic N) is 2. The summed E-state index contributed by atoms with van der Waals surface area (Å²) in [6.07, 6.45) is 3.35. The number of carbonyl (C=O) groups excluding carboxylic acids is 2. The van der Waals surface area contributed by atoms with Gasteiger partial charge in [-0.3, -0.25) is 9.59 Å². The molecule has 0 atom stereocenters. The first-order valence-electron chi connectivity index (χ1n) is 10.2. The average molecular weight is 408 g/mol. The van der Waals surface area contributed by atoms with E-state index in [0.29, 0.717) is 50.9 Å². The number of piperazine rings is 1. The zero-order valence-electron chi connectivity index (χ0n) is 17.5. The minimum atomic E-state index is -0.0550. The monoisotopic (exact) mass is 408 g/mol. The highest BCUT2D eigenvalue weighted by Gasteiger charge is 2.20. The summed E-state index contributed by atoms with van der Waals surface area (Å²) in [5.41, 5.74) is 1.95. The van der Waals surface area contributed by atoms with Gasteiger partial charge in [0.1, 0.15) is 6.61 Å². The molecule has 2 aromatic carbocycles. The maximum Gasteiger partial charge on any atom is 0.246 e. The van der Waals surface area contributed by atoms with E-state index in [-0.39, 0.29) is 11.8 Å². The molecule has 2 aromatic rings. The first kappa shape index (κ1) is 21.4. The molecule has 0 N–H and O–H groups in total. The lowest BCUT2D eigenvalue weighted by Crippen LogP contribution is -2.49. The highest BCUT2D eigenvalue weighted by molar-refractivity contribution is 5.92. The molecule has 1 aliphatic rings. The van der Waals surface area contributed by atoms with Crippen molar-refractivity contribution in [3.63, 3.8) is 0 Å². The summed E-state index contributed by atoms with van der Waals surface area (Å²) in [7, 11) is 0. The molecule has 0 bridgehead atoms. The van der Waals surface area contributed by atoms with E-state index in [1.54, 1.807) is 28.9 Å². The molecule has 30 heavy (non-hydrogen) atoms. The lowest BCUT2D eigenvalue weighted by molar-refractivity contribution is -0.135. The normalized spacial score (nSPS) is 14.1. The third kappa shape index (κ3) is 5.86.